The molecule has 2 aromatic rings. The van der Waals surface area contributed by atoms with E-state index in [2.05, 4.69) is 50.0 Å². The van der Waals surface area contributed by atoms with E-state index in [1.54, 1.807) is 0 Å². The second-order valence-electron chi connectivity index (χ2n) is 5.74. The molecule has 0 aliphatic carbocycles. The van der Waals surface area contributed by atoms with Gasteiger partial charge >= 0.3 is 0 Å². The predicted octanol–water partition coefficient (Wildman–Crippen LogP) is 3.33. The van der Waals surface area contributed by atoms with Crippen LogP contribution in [-0.2, 0) is 11.8 Å². The van der Waals surface area contributed by atoms with Gasteiger partial charge in [-0.25, -0.2) is 9.97 Å². The normalized spacial score (nSPS) is 11.6. The molecule has 20 heavy (non-hydrogen) atoms. The maximum Gasteiger partial charge on any atom is 0.134 e. The quantitative estimate of drug-likeness (QED) is 0.905. The number of hydrogen-bond donors (Lipinski definition) is 1. The first kappa shape index (κ1) is 14.7. The van der Waals surface area contributed by atoms with Crippen LogP contribution in [0.25, 0.3) is 11.3 Å². The van der Waals surface area contributed by atoms with Crippen LogP contribution in [0.5, 0.6) is 0 Å². The van der Waals surface area contributed by atoms with Crippen LogP contribution in [0.2, 0.25) is 0 Å². The van der Waals surface area contributed by atoms with Crippen LogP contribution in [0, 0.1) is 0 Å². The van der Waals surface area contributed by atoms with Gasteiger partial charge in [-0.2, -0.15) is 0 Å². The second kappa shape index (κ2) is 6.14. The lowest BCUT2D eigenvalue weighted by molar-refractivity contribution is 0.457. The van der Waals surface area contributed by atoms with Crippen molar-refractivity contribution in [2.24, 2.45) is 5.73 Å². The van der Waals surface area contributed by atoms with Crippen LogP contribution in [0.15, 0.2) is 36.5 Å². The molecule has 0 fully saturated rings. The lowest BCUT2D eigenvalue weighted by Gasteiger charge is -2.22. The topological polar surface area (TPSA) is 51.8 Å². The Morgan fingerprint density at radius 3 is 2.40 bits per heavy atom. The largest absolute Gasteiger partial charge is 0.330 e. The van der Waals surface area contributed by atoms with Gasteiger partial charge in [0, 0.05) is 17.2 Å². The minimum Gasteiger partial charge on any atom is -0.330 e. The minimum absolute atomic E-state index is 0.0892. The molecule has 0 saturated carbocycles. The second-order valence-corrected chi connectivity index (χ2v) is 5.74. The average Bonchev–Trinajstić information content (AvgIpc) is 2.47. The Bertz CT molecular complexity index is 559. The molecule has 1 aromatic carbocycles. The lowest BCUT2D eigenvalue weighted by atomic mass is 9.88. The molecule has 0 atom stereocenters. The highest BCUT2D eigenvalue weighted by atomic mass is 14.9. The Labute approximate surface area is 121 Å². The summed E-state index contributed by atoms with van der Waals surface area (Å²) in [5, 5.41) is 0. The maximum absolute atomic E-state index is 5.68. The van der Waals surface area contributed by atoms with Crippen LogP contribution in [0.1, 0.15) is 38.6 Å². The third-order valence-corrected chi connectivity index (χ3v) is 3.69. The van der Waals surface area contributed by atoms with E-state index >= 15 is 0 Å². The fourth-order valence-electron chi connectivity index (χ4n) is 2.23. The first-order chi connectivity index (χ1) is 9.56. The van der Waals surface area contributed by atoms with Crippen molar-refractivity contribution in [3.05, 3.63) is 47.9 Å². The predicted molar refractivity (Wildman–Crippen MR) is 83.5 cm³/mol. The standard InChI is InChI=1S/C17H23N3/c1-4-13-5-7-14(8-6-13)15-9-12-19-16(20-15)17(2,3)10-11-18/h5-9,12H,4,10-11,18H2,1-3H3. The molecule has 106 valence electrons. The van der Waals surface area contributed by atoms with Crippen LogP contribution in [0.3, 0.4) is 0 Å². The van der Waals surface area contributed by atoms with Gasteiger partial charge in [-0.3, -0.25) is 0 Å². The summed E-state index contributed by atoms with van der Waals surface area (Å²) >= 11 is 0. The Kier molecular flexibility index (Phi) is 4.50. The fourth-order valence-corrected chi connectivity index (χ4v) is 2.23. The number of aryl methyl sites for hydroxylation is 1. The van der Waals surface area contributed by atoms with Crippen LogP contribution in [0.4, 0.5) is 0 Å². The molecular formula is C17H23N3. The van der Waals surface area contributed by atoms with E-state index in [4.69, 9.17) is 10.7 Å². The number of rotatable bonds is 5. The number of nitrogens with zero attached hydrogens (tertiary/aromatic N) is 2. The number of nitrogens with two attached hydrogens (primary N) is 1. The van der Waals surface area contributed by atoms with E-state index in [0.717, 1.165) is 29.9 Å². The molecular weight excluding hydrogens is 246 g/mol. The molecule has 1 aromatic heterocycles. The molecule has 0 aliphatic heterocycles. The maximum atomic E-state index is 5.68. The van der Waals surface area contributed by atoms with E-state index < -0.39 is 0 Å². The highest BCUT2D eigenvalue weighted by Crippen LogP contribution is 2.25. The Balaban J connectivity index is 2.33. The molecule has 0 unspecified atom stereocenters. The molecule has 3 nitrogen and oxygen atoms in total. The highest BCUT2D eigenvalue weighted by Gasteiger charge is 2.23. The molecule has 2 N–H and O–H groups in total. The monoisotopic (exact) mass is 269 g/mol. The van der Waals surface area contributed by atoms with Gasteiger partial charge < -0.3 is 5.73 Å². The minimum atomic E-state index is -0.0892. The van der Waals surface area contributed by atoms with Gasteiger partial charge in [0.1, 0.15) is 5.82 Å². The molecule has 0 spiro atoms. The summed E-state index contributed by atoms with van der Waals surface area (Å²) in [5.41, 5.74) is 9.04. The third kappa shape index (κ3) is 3.23. The van der Waals surface area contributed by atoms with Crippen LogP contribution < -0.4 is 5.73 Å². The smallest absolute Gasteiger partial charge is 0.134 e. The molecule has 0 bridgehead atoms. The van der Waals surface area contributed by atoms with Crippen molar-refractivity contribution in [2.45, 2.75) is 39.0 Å². The average molecular weight is 269 g/mol. The van der Waals surface area contributed by atoms with Crippen molar-refractivity contribution >= 4 is 0 Å². The molecule has 3 heteroatoms. The van der Waals surface area contributed by atoms with Gasteiger partial charge in [-0.15, -0.1) is 0 Å². The van der Waals surface area contributed by atoms with Crippen LogP contribution in [-0.4, -0.2) is 16.5 Å². The van der Waals surface area contributed by atoms with Gasteiger partial charge in [0.15, 0.2) is 0 Å². The number of aromatic nitrogens is 2. The zero-order valence-corrected chi connectivity index (χ0v) is 12.6. The summed E-state index contributed by atoms with van der Waals surface area (Å²) in [6.45, 7) is 7.08. The third-order valence-electron chi connectivity index (χ3n) is 3.69. The summed E-state index contributed by atoms with van der Waals surface area (Å²) in [5.74, 6) is 0.861. The Morgan fingerprint density at radius 1 is 1.10 bits per heavy atom. The van der Waals surface area contributed by atoms with Crippen LogP contribution >= 0.6 is 0 Å². The van der Waals surface area contributed by atoms with Crippen molar-refractivity contribution < 1.29 is 0 Å². The number of benzene rings is 1. The van der Waals surface area contributed by atoms with E-state index in [9.17, 15) is 0 Å². The summed E-state index contributed by atoms with van der Waals surface area (Å²) in [6.07, 6.45) is 3.77. The van der Waals surface area contributed by atoms with Gasteiger partial charge in [0.05, 0.1) is 5.69 Å². The fraction of sp³-hybridized carbons (Fsp3) is 0.412. The summed E-state index contributed by atoms with van der Waals surface area (Å²) < 4.78 is 0. The van der Waals surface area contributed by atoms with E-state index in [0.29, 0.717) is 6.54 Å². The zero-order valence-electron chi connectivity index (χ0n) is 12.6. The first-order valence-electron chi connectivity index (χ1n) is 7.19. The molecule has 0 aliphatic rings. The molecule has 0 saturated heterocycles. The number of hydrogen-bond acceptors (Lipinski definition) is 3. The van der Waals surface area contributed by atoms with Crippen molar-refractivity contribution in [2.75, 3.05) is 6.54 Å². The van der Waals surface area contributed by atoms with Crippen molar-refractivity contribution in [3.8, 4) is 11.3 Å². The van der Waals surface area contributed by atoms with Gasteiger partial charge in [0.25, 0.3) is 0 Å². The zero-order chi connectivity index (χ0) is 14.6. The molecule has 2 rings (SSSR count). The summed E-state index contributed by atoms with van der Waals surface area (Å²) in [7, 11) is 0. The molecule has 1 heterocycles. The van der Waals surface area contributed by atoms with Crippen molar-refractivity contribution in [1.82, 2.24) is 9.97 Å². The van der Waals surface area contributed by atoms with Crippen molar-refractivity contribution in [3.63, 3.8) is 0 Å². The highest BCUT2D eigenvalue weighted by molar-refractivity contribution is 5.59. The van der Waals surface area contributed by atoms with E-state index in [1.165, 1.54) is 5.56 Å². The van der Waals surface area contributed by atoms with Gasteiger partial charge in [0.2, 0.25) is 0 Å². The molecule has 0 amide bonds. The lowest BCUT2D eigenvalue weighted by Crippen LogP contribution is -2.24. The SMILES string of the molecule is CCc1ccc(-c2ccnc(C(C)(C)CCN)n2)cc1. The summed E-state index contributed by atoms with van der Waals surface area (Å²) in [6, 6.07) is 10.5. The van der Waals surface area contributed by atoms with Crippen molar-refractivity contribution in [1.29, 1.82) is 0 Å². The Morgan fingerprint density at radius 2 is 1.80 bits per heavy atom. The van der Waals surface area contributed by atoms with Gasteiger partial charge in [-0.1, -0.05) is 45.0 Å². The first-order valence-corrected chi connectivity index (χ1v) is 7.19. The van der Waals surface area contributed by atoms with E-state index in [-0.39, 0.29) is 5.41 Å². The Hall–Kier alpha value is -1.74. The van der Waals surface area contributed by atoms with E-state index in [1.807, 2.05) is 12.3 Å². The molecule has 0 radical (unpaired) electrons. The van der Waals surface area contributed by atoms with Gasteiger partial charge in [-0.05, 0) is 31.0 Å². The summed E-state index contributed by atoms with van der Waals surface area (Å²) in [4.78, 5) is 9.14.